The molecule has 0 bridgehead atoms. The van der Waals surface area contributed by atoms with Crippen molar-refractivity contribution in [3.05, 3.63) is 0 Å². The predicted molar refractivity (Wildman–Crippen MR) is 68.7 cm³/mol. The standard InChI is InChI=1S/C11H17N3O5S/c12-20(18,19)7-6-14-9(16)11(4-2-1-3-5-11)8(15)13-10(14)17/h1-7H2,(H2,12,18,19)(H,13,15,17). The van der Waals surface area contributed by atoms with Crippen LogP contribution in [0.3, 0.4) is 0 Å². The van der Waals surface area contributed by atoms with Crippen LogP contribution < -0.4 is 10.5 Å². The minimum Gasteiger partial charge on any atom is -0.277 e. The Morgan fingerprint density at radius 3 is 2.30 bits per heavy atom. The van der Waals surface area contributed by atoms with Gasteiger partial charge >= 0.3 is 6.03 Å². The van der Waals surface area contributed by atoms with Crippen LogP contribution in [0.2, 0.25) is 0 Å². The van der Waals surface area contributed by atoms with E-state index >= 15 is 0 Å². The molecule has 3 N–H and O–H groups in total. The lowest BCUT2D eigenvalue weighted by molar-refractivity contribution is -0.153. The summed E-state index contributed by atoms with van der Waals surface area (Å²) in [6.45, 7) is -0.335. The maximum absolute atomic E-state index is 12.4. The van der Waals surface area contributed by atoms with E-state index in [1.807, 2.05) is 0 Å². The zero-order valence-electron chi connectivity index (χ0n) is 10.9. The summed E-state index contributed by atoms with van der Waals surface area (Å²) in [4.78, 5) is 36.9. The number of urea groups is 1. The van der Waals surface area contributed by atoms with Gasteiger partial charge in [0.05, 0.1) is 5.75 Å². The molecule has 8 nitrogen and oxygen atoms in total. The highest BCUT2D eigenvalue weighted by molar-refractivity contribution is 7.89. The molecule has 0 atom stereocenters. The molecule has 0 aromatic carbocycles. The summed E-state index contributed by atoms with van der Waals surface area (Å²) in [7, 11) is -3.78. The van der Waals surface area contributed by atoms with Crippen molar-refractivity contribution < 1.29 is 22.8 Å². The number of amides is 4. The van der Waals surface area contributed by atoms with Crippen molar-refractivity contribution in [2.45, 2.75) is 32.1 Å². The molecule has 1 saturated carbocycles. The van der Waals surface area contributed by atoms with Gasteiger partial charge in [-0.15, -0.1) is 0 Å². The summed E-state index contributed by atoms with van der Waals surface area (Å²) >= 11 is 0. The van der Waals surface area contributed by atoms with Gasteiger partial charge in [0.1, 0.15) is 5.41 Å². The van der Waals surface area contributed by atoms with Crippen molar-refractivity contribution in [1.82, 2.24) is 10.2 Å². The molecule has 0 radical (unpaired) electrons. The van der Waals surface area contributed by atoms with Crippen LogP contribution in [0.5, 0.6) is 0 Å². The van der Waals surface area contributed by atoms with E-state index in [1.165, 1.54) is 0 Å². The maximum atomic E-state index is 12.4. The normalized spacial score (nSPS) is 23.1. The van der Waals surface area contributed by atoms with Gasteiger partial charge in [-0.3, -0.25) is 19.8 Å². The first kappa shape index (κ1) is 14.9. The summed E-state index contributed by atoms with van der Waals surface area (Å²) in [5.41, 5.74) is -1.22. The van der Waals surface area contributed by atoms with Gasteiger partial charge in [-0.05, 0) is 12.8 Å². The smallest absolute Gasteiger partial charge is 0.277 e. The Morgan fingerprint density at radius 2 is 1.75 bits per heavy atom. The van der Waals surface area contributed by atoms with Crippen LogP contribution in [-0.4, -0.2) is 43.5 Å². The summed E-state index contributed by atoms with van der Waals surface area (Å²) < 4.78 is 21.9. The third kappa shape index (κ3) is 2.68. The summed E-state index contributed by atoms with van der Waals surface area (Å²) in [6.07, 6.45) is 3.17. The molecule has 2 fully saturated rings. The number of hydrogen-bond acceptors (Lipinski definition) is 5. The molecule has 0 aromatic rings. The van der Waals surface area contributed by atoms with Gasteiger partial charge in [0.15, 0.2) is 0 Å². The number of nitrogens with two attached hydrogens (primary N) is 1. The number of carbonyl (C=O) groups is 3. The lowest BCUT2D eigenvalue weighted by Crippen LogP contribution is -2.64. The molecule has 9 heteroatoms. The topological polar surface area (TPSA) is 127 Å². The third-order valence-corrected chi connectivity index (χ3v) is 4.61. The maximum Gasteiger partial charge on any atom is 0.330 e. The molecule has 1 aliphatic carbocycles. The van der Waals surface area contributed by atoms with E-state index in [0.29, 0.717) is 12.8 Å². The minimum absolute atomic E-state index is 0.335. The number of primary sulfonamides is 1. The quantitative estimate of drug-likeness (QED) is 0.667. The number of nitrogens with one attached hydrogen (secondary N) is 1. The second-order valence-electron chi connectivity index (χ2n) is 5.23. The summed E-state index contributed by atoms with van der Waals surface area (Å²) in [5, 5.41) is 7.02. The second kappa shape index (κ2) is 5.13. The number of rotatable bonds is 3. The molecule has 4 amide bonds. The van der Waals surface area contributed by atoms with E-state index in [-0.39, 0.29) is 6.54 Å². The van der Waals surface area contributed by atoms with Crippen molar-refractivity contribution in [1.29, 1.82) is 0 Å². The number of imide groups is 2. The fraction of sp³-hybridized carbons (Fsp3) is 0.727. The van der Waals surface area contributed by atoms with Crippen LogP contribution in [-0.2, 0) is 19.6 Å². The predicted octanol–water partition coefficient (Wildman–Crippen LogP) is -0.696. The Balaban J connectivity index is 2.22. The highest BCUT2D eigenvalue weighted by Gasteiger charge is 2.53. The van der Waals surface area contributed by atoms with Gasteiger partial charge in [-0.25, -0.2) is 18.4 Å². The van der Waals surface area contributed by atoms with Gasteiger partial charge in [0.25, 0.3) is 0 Å². The monoisotopic (exact) mass is 303 g/mol. The zero-order chi connectivity index (χ0) is 15.0. The first-order valence-electron chi connectivity index (χ1n) is 6.44. The zero-order valence-corrected chi connectivity index (χ0v) is 11.7. The van der Waals surface area contributed by atoms with E-state index < -0.39 is 39.0 Å². The lowest BCUT2D eigenvalue weighted by Gasteiger charge is -2.41. The van der Waals surface area contributed by atoms with Crippen molar-refractivity contribution >= 4 is 27.9 Å². The Labute approximate surface area is 116 Å². The van der Waals surface area contributed by atoms with Gasteiger partial charge in [-0.1, -0.05) is 19.3 Å². The van der Waals surface area contributed by atoms with Gasteiger partial charge < -0.3 is 0 Å². The van der Waals surface area contributed by atoms with E-state index in [4.69, 9.17) is 5.14 Å². The molecule has 1 heterocycles. The third-order valence-electron chi connectivity index (χ3n) is 3.86. The number of nitrogens with zero attached hydrogens (tertiary/aromatic N) is 1. The summed E-state index contributed by atoms with van der Waals surface area (Å²) in [6, 6.07) is -0.875. The lowest BCUT2D eigenvalue weighted by atomic mass is 9.71. The SMILES string of the molecule is NS(=O)(=O)CCN1C(=O)NC(=O)C2(CCCCC2)C1=O. The highest BCUT2D eigenvalue weighted by atomic mass is 32.2. The number of barbiturate groups is 1. The Kier molecular flexibility index (Phi) is 3.83. The van der Waals surface area contributed by atoms with Crippen LogP contribution in [0.1, 0.15) is 32.1 Å². The summed E-state index contributed by atoms with van der Waals surface area (Å²) in [5.74, 6) is -1.69. The molecule has 1 saturated heterocycles. The Morgan fingerprint density at radius 1 is 1.15 bits per heavy atom. The molecular weight excluding hydrogens is 286 g/mol. The van der Waals surface area contributed by atoms with Gasteiger partial charge in [0.2, 0.25) is 21.8 Å². The van der Waals surface area contributed by atoms with E-state index in [1.54, 1.807) is 0 Å². The molecule has 1 spiro atoms. The van der Waals surface area contributed by atoms with E-state index in [9.17, 15) is 22.8 Å². The first-order chi connectivity index (χ1) is 9.26. The number of hydrogen-bond donors (Lipinski definition) is 2. The molecular formula is C11H17N3O5S. The molecule has 1 aliphatic heterocycles. The van der Waals surface area contributed by atoms with Crippen LogP contribution in [0.25, 0.3) is 0 Å². The van der Waals surface area contributed by atoms with Crippen LogP contribution in [0.15, 0.2) is 0 Å². The molecule has 20 heavy (non-hydrogen) atoms. The van der Waals surface area contributed by atoms with Gasteiger partial charge in [-0.2, -0.15) is 0 Å². The molecule has 0 aromatic heterocycles. The second-order valence-corrected chi connectivity index (χ2v) is 6.96. The van der Waals surface area contributed by atoms with Crippen molar-refractivity contribution in [3.63, 3.8) is 0 Å². The van der Waals surface area contributed by atoms with E-state index in [0.717, 1.165) is 24.2 Å². The van der Waals surface area contributed by atoms with Crippen molar-refractivity contribution in [3.8, 4) is 0 Å². The van der Waals surface area contributed by atoms with Crippen molar-refractivity contribution in [2.24, 2.45) is 10.6 Å². The van der Waals surface area contributed by atoms with Crippen molar-refractivity contribution in [2.75, 3.05) is 12.3 Å². The average molecular weight is 303 g/mol. The minimum atomic E-state index is -3.78. The largest absolute Gasteiger partial charge is 0.330 e. The average Bonchev–Trinajstić information content (AvgIpc) is 2.36. The molecule has 112 valence electrons. The Hall–Kier alpha value is -1.48. The van der Waals surface area contributed by atoms with Crippen LogP contribution >= 0.6 is 0 Å². The van der Waals surface area contributed by atoms with Gasteiger partial charge in [0, 0.05) is 6.54 Å². The highest BCUT2D eigenvalue weighted by Crippen LogP contribution is 2.40. The van der Waals surface area contributed by atoms with Crippen LogP contribution in [0, 0.1) is 5.41 Å². The van der Waals surface area contributed by atoms with Crippen LogP contribution in [0.4, 0.5) is 4.79 Å². The Bertz CT molecular complexity index is 550. The fourth-order valence-corrected chi connectivity index (χ4v) is 3.19. The molecule has 0 unspecified atom stereocenters. The van der Waals surface area contributed by atoms with E-state index in [2.05, 4.69) is 5.32 Å². The molecule has 2 aliphatic rings. The first-order valence-corrected chi connectivity index (χ1v) is 8.16. The number of sulfonamides is 1. The fourth-order valence-electron chi connectivity index (χ4n) is 2.75. The molecule has 2 rings (SSSR count). The number of carbonyl (C=O) groups excluding carboxylic acids is 3.